The number of benzene rings is 1. The first kappa shape index (κ1) is 20.2. The summed E-state index contributed by atoms with van der Waals surface area (Å²) in [5.41, 5.74) is 0.549. The van der Waals surface area contributed by atoms with Crippen LogP contribution in [-0.2, 0) is 16.1 Å². The molecule has 0 fully saturated rings. The molecule has 1 amide bonds. The molecule has 7 heteroatoms. The first-order chi connectivity index (χ1) is 12.6. The summed E-state index contributed by atoms with van der Waals surface area (Å²) in [6.45, 7) is 9.47. The van der Waals surface area contributed by atoms with Gasteiger partial charge in [-0.15, -0.1) is 6.58 Å². The third kappa shape index (κ3) is 5.19. The predicted octanol–water partition coefficient (Wildman–Crippen LogP) is 2.61. The number of rotatable bonds is 10. The molecule has 140 valence electrons. The van der Waals surface area contributed by atoms with E-state index in [2.05, 4.69) is 16.9 Å². The third-order valence-corrected chi connectivity index (χ3v) is 4.86. The second-order valence-electron chi connectivity index (χ2n) is 5.71. The standard InChI is InChI=1S/C19H25N3O3S/c1-4-11-20-17(23)14(3)26-19-21-16-10-7-6-9-15(16)18(24)22(19)12-8-13-25-5-2/h4,6-7,9-10,14H,1,5,8,11-13H2,2-3H3,(H,20,23)/t14-/m1/s1. The number of thioether (sulfide) groups is 1. The zero-order chi connectivity index (χ0) is 18.9. The molecule has 0 saturated heterocycles. The maximum Gasteiger partial charge on any atom is 0.262 e. The van der Waals surface area contributed by atoms with Gasteiger partial charge in [0.1, 0.15) is 0 Å². The van der Waals surface area contributed by atoms with Gasteiger partial charge in [0.05, 0.1) is 16.2 Å². The number of hydrogen-bond acceptors (Lipinski definition) is 5. The predicted molar refractivity (Wildman–Crippen MR) is 106 cm³/mol. The highest BCUT2D eigenvalue weighted by Crippen LogP contribution is 2.22. The van der Waals surface area contributed by atoms with Crippen molar-refractivity contribution in [2.24, 2.45) is 0 Å². The third-order valence-electron chi connectivity index (χ3n) is 3.77. The van der Waals surface area contributed by atoms with Gasteiger partial charge >= 0.3 is 0 Å². The van der Waals surface area contributed by atoms with E-state index >= 15 is 0 Å². The first-order valence-electron chi connectivity index (χ1n) is 8.71. The van der Waals surface area contributed by atoms with Crippen LogP contribution in [0.1, 0.15) is 20.3 Å². The van der Waals surface area contributed by atoms with Crippen molar-refractivity contribution in [1.29, 1.82) is 0 Å². The van der Waals surface area contributed by atoms with Gasteiger partial charge in [-0.1, -0.05) is 30.0 Å². The molecule has 0 saturated carbocycles. The number of ether oxygens (including phenoxy) is 1. The summed E-state index contributed by atoms with van der Waals surface area (Å²) < 4.78 is 7.01. The normalized spacial score (nSPS) is 12.1. The molecule has 1 aromatic carbocycles. The molecule has 0 aliphatic carbocycles. The number of nitrogens with zero attached hydrogens (tertiary/aromatic N) is 2. The van der Waals surface area contributed by atoms with Gasteiger partial charge in [-0.05, 0) is 32.4 Å². The van der Waals surface area contributed by atoms with Crippen molar-refractivity contribution in [3.63, 3.8) is 0 Å². The number of carbonyl (C=O) groups is 1. The Labute approximate surface area is 157 Å². The van der Waals surface area contributed by atoms with Gasteiger partial charge in [0, 0.05) is 26.3 Å². The Morgan fingerprint density at radius 2 is 2.23 bits per heavy atom. The van der Waals surface area contributed by atoms with Crippen LogP contribution in [-0.4, -0.2) is 40.5 Å². The Balaban J connectivity index is 2.30. The Morgan fingerprint density at radius 1 is 1.46 bits per heavy atom. The van der Waals surface area contributed by atoms with Crippen LogP contribution in [0.4, 0.5) is 0 Å². The molecule has 2 rings (SSSR count). The second kappa shape index (κ2) is 10.1. The lowest BCUT2D eigenvalue weighted by molar-refractivity contribution is -0.120. The van der Waals surface area contributed by atoms with Crippen molar-refractivity contribution >= 4 is 28.6 Å². The fourth-order valence-corrected chi connectivity index (χ4v) is 3.39. The summed E-state index contributed by atoms with van der Waals surface area (Å²) in [5.74, 6) is -0.113. The van der Waals surface area contributed by atoms with Crippen molar-refractivity contribution in [2.75, 3.05) is 19.8 Å². The van der Waals surface area contributed by atoms with Crippen LogP contribution in [0, 0.1) is 0 Å². The Bertz CT molecular complexity index is 819. The molecule has 26 heavy (non-hydrogen) atoms. The maximum absolute atomic E-state index is 12.9. The topological polar surface area (TPSA) is 73.2 Å². The lowest BCUT2D eigenvalue weighted by Crippen LogP contribution is -2.32. The number of fused-ring (bicyclic) bond motifs is 1. The van der Waals surface area contributed by atoms with Crippen molar-refractivity contribution in [1.82, 2.24) is 14.9 Å². The monoisotopic (exact) mass is 375 g/mol. The van der Waals surface area contributed by atoms with Crippen molar-refractivity contribution in [2.45, 2.75) is 37.2 Å². The fraction of sp³-hybridized carbons (Fsp3) is 0.421. The number of aromatic nitrogens is 2. The highest BCUT2D eigenvalue weighted by molar-refractivity contribution is 8.00. The second-order valence-corrected chi connectivity index (χ2v) is 7.02. The van der Waals surface area contributed by atoms with E-state index in [4.69, 9.17) is 4.74 Å². The molecule has 1 aromatic heterocycles. The van der Waals surface area contributed by atoms with E-state index in [9.17, 15) is 9.59 Å². The number of carbonyl (C=O) groups excluding carboxylic acids is 1. The van der Waals surface area contributed by atoms with Crippen LogP contribution in [0.5, 0.6) is 0 Å². The minimum Gasteiger partial charge on any atom is -0.382 e. The minimum absolute atomic E-state index is 0.0895. The molecule has 0 spiro atoms. The van der Waals surface area contributed by atoms with Crippen molar-refractivity contribution in [3.8, 4) is 0 Å². The number of para-hydroxylation sites is 1. The molecular formula is C19H25N3O3S. The van der Waals surface area contributed by atoms with Crippen LogP contribution in [0.15, 0.2) is 46.9 Å². The molecular weight excluding hydrogens is 350 g/mol. The van der Waals surface area contributed by atoms with Gasteiger partial charge in [-0.25, -0.2) is 4.98 Å². The highest BCUT2D eigenvalue weighted by Gasteiger charge is 2.18. The maximum atomic E-state index is 12.9. The van der Waals surface area contributed by atoms with Gasteiger partial charge in [0.2, 0.25) is 5.91 Å². The van der Waals surface area contributed by atoms with E-state index in [-0.39, 0.29) is 16.7 Å². The van der Waals surface area contributed by atoms with E-state index < -0.39 is 0 Å². The fourth-order valence-electron chi connectivity index (χ4n) is 2.43. The average molecular weight is 375 g/mol. The zero-order valence-corrected chi connectivity index (χ0v) is 16.1. The van der Waals surface area contributed by atoms with Gasteiger partial charge in [0.25, 0.3) is 5.56 Å². The van der Waals surface area contributed by atoms with Crippen LogP contribution < -0.4 is 10.9 Å². The first-order valence-corrected chi connectivity index (χ1v) is 9.59. The Morgan fingerprint density at radius 3 is 2.96 bits per heavy atom. The molecule has 0 unspecified atom stereocenters. The van der Waals surface area contributed by atoms with E-state index in [0.29, 0.717) is 48.8 Å². The summed E-state index contributed by atoms with van der Waals surface area (Å²) >= 11 is 1.29. The summed E-state index contributed by atoms with van der Waals surface area (Å²) in [6, 6.07) is 7.27. The molecule has 1 N–H and O–H groups in total. The van der Waals surface area contributed by atoms with Crippen LogP contribution in [0.25, 0.3) is 10.9 Å². The highest BCUT2D eigenvalue weighted by atomic mass is 32.2. The van der Waals surface area contributed by atoms with Crippen molar-refractivity contribution in [3.05, 3.63) is 47.3 Å². The number of amides is 1. The van der Waals surface area contributed by atoms with E-state index in [1.54, 1.807) is 23.6 Å². The largest absolute Gasteiger partial charge is 0.382 e. The van der Waals surface area contributed by atoms with E-state index in [1.807, 2.05) is 25.1 Å². The number of hydrogen-bond donors (Lipinski definition) is 1. The van der Waals surface area contributed by atoms with Gasteiger partial charge in [-0.3, -0.25) is 14.2 Å². The minimum atomic E-state index is -0.374. The van der Waals surface area contributed by atoms with Gasteiger partial charge < -0.3 is 10.1 Å². The molecule has 0 aliphatic heterocycles. The quantitative estimate of drug-likeness (QED) is 0.299. The van der Waals surface area contributed by atoms with Crippen molar-refractivity contribution < 1.29 is 9.53 Å². The molecule has 6 nitrogen and oxygen atoms in total. The summed E-state index contributed by atoms with van der Waals surface area (Å²) in [6.07, 6.45) is 2.34. The average Bonchev–Trinajstić information content (AvgIpc) is 2.65. The van der Waals surface area contributed by atoms with Crippen LogP contribution in [0.2, 0.25) is 0 Å². The molecule has 0 aliphatic rings. The van der Waals surface area contributed by atoms with E-state index in [0.717, 1.165) is 0 Å². The SMILES string of the molecule is C=CCNC(=O)[C@@H](C)Sc1nc2ccccc2c(=O)n1CCCOCC. The summed E-state index contributed by atoms with van der Waals surface area (Å²) in [7, 11) is 0. The molecule has 0 radical (unpaired) electrons. The van der Waals surface area contributed by atoms with E-state index in [1.165, 1.54) is 11.8 Å². The van der Waals surface area contributed by atoms with Crippen LogP contribution >= 0.6 is 11.8 Å². The lowest BCUT2D eigenvalue weighted by Gasteiger charge is -2.16. The lowest BCUT2D eigenvalue weighted by atomic mass is 10.2. The number of nitrogens with one attached hydrogen (secondary N) is 1. The summed E-state index contributed by atoms with van der Waals surface area (Å²) in [4.78, 5) is 29.7. The summed E-state index contributed by atoms with van der Waals surface area (Å²) in [5, 5.41) is 3.52. The molecule has 2 aromatic rings. The zero-order valence-electron chi connectivity index (χ0n) is 15.2. The van der Waals surface area contributed by atoms with Gasteiger partial charge in [-0.2, -0.15) is 0 Å². The molecule has 0 bridgehead atoms. The Hall–Kier alpha value is -2.12. The van der Waals surface area contributed by atoms with Gasteiger partial charge in [0.15, 0.2) is 5.16 Å². The molecule has 1 atom stereocenters. The molecule has 1 heterocycles. The van der Waals surface area contributed by atoms with Crippen LogP contribution in [0.3, 0.4) is 0 Å². The smallest absolute Gasteiger partial charge is 0.262 e. The Kier molecular flexibility index (Phi) is 7.87.